The van der Waals surface area contributed by atoms with Gasteiger partial charge in [0.2, 0.25) is 0 Å². The molecule has 0 saturated carbocycles. The lowest BCUT2D eigenvalue weighted by Crippen LogP contribution is -2.19. The van der Waals surface area contributed by atoms with Crippen molar-refractivity contribution in [3.8, 4) is 6.07 Å². The zero-order chi connectivity index (χ0) is 14.2. The molecule has 1 aromatic rings. The highest BCUT2D eigenvalue weighted by atomic mass is 16.5. The molecule has 0 radical (unpaired) electrons. The largest absolute Gasteiger partial charge is 0.396 e. The van der Waals surface area contributed by atoms with Gasteiger partial charge in [0.15, 0.2) is 0 Å². The van der Waals surface area contributed by atoms with Gasteiger partial charge in [0.1, 0.15) is 5.69 Å². The number of aromatic nitrogens is 3. The van der Waals surface area contributed by atoms with Crippen LogP contribution < -0.4 is 0 Å². The summed E-state index contributed by atoms with van der Waals surface area (Å²) in [7, 11) is 0. The van der Waals surface area contributed by atoms with Crippen LogP contribution in [0.1, 0.15) is 49.4 Å². The molecule has 20 heavy (non-hydrogen) atoms. The maximum atomic E-state index is 8.92. The van der Waals surface area contributed by atoms with Crippen molar-refractivity contribution >= 4 is 0 Å². The van der Waals surface area contributed by atoms with Gasteiger partial charge in [-0.3, -0.25) is 0 Å². The highest BCUT2D eigenvalue weighted by molar-refractivity contribution is 5.19. The van der Waals surface area contributed by atoms with E-state index >= 15 is 0 Å². The summed E-state index contributed by atoms with van der Waals surface area (Å²) in [6, 6.07) is 2.17. The van der Waals surface area contributed by atoms with Gasteiger partial charge in [0.05, 0.1) is 18.2 Å². The summed E-state index contributed by atoms with van der Waals surface area (Å²) in [5, 5.41) is 26.1. The van der Waals surface area contributed by atoms with Crippen LogP contribution in [0, 0.1) is 11.3 Å². The van der Waals surface area contributed by atoms with Crippen molar-refractivity contribution in [1.82, 2.24) is 15.0 Å². The number of ether oxygens (including phenoxy) is 1. The lowest BCUT2D eigenvalue weighted by atomic mass is 9.94. The zero-order valence-electron chi connectivity index (χ0n) is 11.8. The van der Waals surface area contributed by atoms with E-state index in [9.17, 15) is 0 Å². The number of hydrogen-bond acceptors (Lipinski definition) is 5. The Kier molecular flexibility index (Phi) is 5.96. The zero-order valence-corrected chi connectivity index (χ0v) is 11.8. The quantitative estimate of drug-likeness (QED) is 0.762. The van der Waals surface area contributed by atoms with Crippen LogP contribution in [-0.4, -0.2) is 39.9 Å². The summed E-state index contributed by atoms with van der Waals surface area (Å²) in [6.07, 6.45) is 5.06. The van der Waals surface area contributed by atoms with E-state index < -0.39 is 0 Å². The van der Waals surface area contributed by atoms with Gasteiger partial charge in [-0.15, -0.1) is 5.10 Å². The van der Waals surface area contributed by atoms with Crippen molar-refractivity contribution < 1.29 is 9.84 Å². The minimum atomic E-state index is 0.240. The van der Waals surface area contributed by atoms with Gasteiger partial charge in [0, 0.05) is 32.3 Å². The Morgan fingerprint density at radius 2 is 2.10 bits per heavy atom. The molecular formula is C14H22N4O2. The van der Waals surface area contributed by atoms with Gasteiger partial charge in [-0.2, -0.15) is 5.26 Å². The smallest absolute Gasteiger partial charge is 0.100 e. The standard InChI is InChI=1S/C14H22N4O2/c15-7-4-13-14(12-5-10-20-11-6-12)18(17-16-13)8-2-1-3-9-19/h12,19H,1-6,8-11H2. The summed E-state index contributed by atoms with van der Waals surface area (Å²) >= 11 is 0. The number of rotatable bonds is 7. The number of aliphatic hydroxyl groups excluding tert-OH is 1. The van der Waals surface area contributed by atoms with E-state index in [1.165, 1.54) is 0 Å². The summed E-state index contributed by atoms with van der Waals surface area (Å²) in [5.74, 6) is 0.403. The lowest BCUT2D eigenvalue weighted by Gasteiger charge is -2.23. The van der Waals surface area contributed by atoms with Crippen LogP contribution in [0.5, 0.6) is 0 Å². The first-order valence-electron chi connectivity index (χ1n) is 7.34. The Morgan fingerprint density at radius 3 is 2.80 bits per heavy atom. The van der Waals surface area contributed by atoms with E-state index in [2.05, 4.69) is 16.4 Å². The minimum absolute atomic E-state index is 0.240. The van der Waals surface area contributed by atoms with E-state index in [-0.39, 0.29) is 6.61 Å². The van der Waals surface area contributed by atoms with Crippen LogP contribution in [0.25, 0.3) is 0 Å². The van der Waals surface area contributed by atoms with Gasteiger partial charge in [-0.05, 0) is 32.1 Å². The minimum Gasteiger partial charge on any atom is -0.396 e. The number of nitriles is 1. The second-order valence-electron chi connectivity index (χ2n) is 5.15. The second-order valence-corrected chi connectivity index (χ2v) is 5.15. The highest BCUT2D eigenvalue weighted by Crippen LogP contribution is 2.29. The Labute approximate surface area is 119 Å². The van der Waals surface area contributed by atoms with E-state index in [0.29, 0.717) is 12.3 Å². The monoisotopic (exact) mass is 278 g/mol. The fourth-order valence-corrected chi connectivity index (χ4v) is 2.69. The molecule has 0 bridgehead atoms. The topological polar surface area (TPSA) is 84.0 Å². The number of aryl methyl sites for hydroxylation is 1. The van der Waals surface area contributed by atoms with Crippen molar-refractivity contribution in [2.75, 3.05) is 19.8 Å². The predicted octanol–water partition coefficient (Wildman–Crippen LogP) is 1.40. The molecule has 6 nitrogen and oxygen atoms in total. The normalized spacial score (nSPS) is 16.2. The van der Waals surface area contributed by atoms with Crippen LogP contribution in [-0.2, 0) is 17.7 Å². The summed E-state index contributed by atoms with van der Waals surface area (Å²) in [4.78, 5) is 0. The maximum Gasteiger partial charge on any atom is 0.100 e. The van der Waals surface area contributed by atoms with E-state index in [0.717, 1.165) is 63.3 Å². The second kappa shape index (κ2) is 7.98. The SMILES string of the molecule is N#CCc1nnn(CCCCCO)c1C1CCOCC1. The van der Waals surface area contributed by atoms with Crippen molar-refractivity contribution in [2.45, 2.75) is 51.0 Å². The van der Waals surface area contributed by atoms with Crippen LogP contribution in [0.3, 0.4) is 0 Å². The summed E-state index contributed by atoms with van der Waals surface area (Å²) in [5.41, 5.74) is 1.94. The van der Waals surface area contributed by atoms with Gasteiger partial charge >= 0.3 is 0 Å². The molecule has 1 aliphatic heterocycles. The number of unbranched alkanes of at least 4 members (excludes halogenated alkanes) is 2. The molecule has 2 rings (SSSR count). The summed E-state index contributed by atoms with van der Waals surface area (Å²) in [6.45, 7) is 2.59. The molecule has 0 amide bonds. The number of aliphatic hydroxyl groups is 1. The maximum absolute atomic E-state index is 8.92. The van der Waals surface area contributed by atoms with Crippen molar-refractivity contribution in [2.24, 2.45) is 0 Å². The molecule has 6 heteroatoms. The summed E-state index contributed by atoms with van der Waals surface area (Å²) < 4.78 is 7.37. The van der Waals surface area contributed by atoms with Crippen molar-refractivity contribution in [1.29, 1.82) is 5.26 Å². The molecule has 1 fully saturated rings. The molecular weight excluding hydrogens is 256 g/mol. The molecule has 0 aromatic carbocycles. The molecule has 1 saturated heterocycles. The highest BCUT2D eigenvalue weighted by Gasteiger charge is 2.24. The molecule has 0 spiro atoms. The Bertz CT molecular complexity index is 447. The fraction of sp³-hybridized carbons (Fsp3) is 0.786. The molecule has 0 aliphatic carbocycles. The van der Waals surface area contributed by atoms with Crippen LogP contribution in [0.4, 0.5) is 0 Å². The Hall–Kier alpha value is -1.45. The molecule has 1 N–H and O–H groups in total. The van der Waals surface area contributed by atoms with Gasteiger partial charge in [0.25, 0.3) is 0 Å². The van der Waals surface area contributed by atoms with Gasteiger partial charge < -0.3 is 9.84 Å². The number of nitrogens with zero attached hydrogens (tertiary/aromatic N) is 4. The first-order chi connectivity index (χ1) is 9.86. The fourth-order valence-electron chi connectivity index (χ4n) is 2.69. The first kappa shape index (κ1) is 14.9. The first-order valence-corrected chi connectivity index (χ1v) is 7.34. The third-order valence-electron chi connectivity index (χ3n) is 3.73. The van der Waals surface area contributed by atoms with Gasteiger partial charge in [-0.1, -0.05) is 5.21 Å². The Balaban J connectivity index is 2.07. The lowest BCUT2D eigenvalue weighted by molar-refractivity contribution is 0.0832. The third kappa shape index (κ3) is 3.78. The molecule has 110 valence electrons. The van der Waals surface area contributed by atoms with E-state index in [4.69, 9.17) is 15.1 Å². The van der Waals surface area contributed by atoms with Gasteiger partial charge in [-0.25, -0.2) is 4.68 Å². The molecule has 1 aliphatic rings. The average molecular weight is 278 g/mol. The predicted molar refractivity (Wildman–Crippen MR) is 73.1 cm³/mol. The molecule has 1 aromatic heterocycles. The molecule has 0 atom stereocenters. The van der Waals surface area contributed by atoms with E-state index in [1.807, 2.05) is 4.68 Å². The van der Waals surface area contributed by atoms with Crippen LogP contribution in [0.2, 0.25) is 0 Å². The van der Waals surface area contributed by atoms with E-state index in [1.54, 1.807) is 0 Å². The average Bonchev–Trinajstić information content (AvgIpc) is 2.88. The van der Waals surface area contributed by atoms with Crippen molar-refractivity contribution in [3.63, 3.8) is 0 Å². The van der Waals surface area contributed by atoms with Crippen LogP contribution >= 0.6 is 0 Å². The molecule has 0 unspecified atom stereocenters. The number of hydrogen-bond donors (Lipinski definition) is 1. The molecule has 2 heterocycles. The van der Waals surface area contributed by atoms with Crippen LogP contribution in [0.15, 0.2) is 0 Å². The third-order valence-corrected chi connectivity index (χ3v) is 3.73. The Morgan fingerprint density at radius 1 is 1.30 bits per heavy atom. The van der Waals surface area contributed by atoms with Crippen molar-refractivity contribution in [3.05, 3.63) is 11.4 Å².